The Bertz CT molecular complexity index is 1410. The summed E-state index contributed by atoms with van der Waals surface area (Å²) in [6.45, 7) is 0.657. The van der Waals surface area contributed by atoms with Crippen molar-refractivity contribution in [2.24, 2.45) is 0 Å². The van der Waals surface area contributed by atoms with Gasteiger partial charge in [-0.15, -0.1) is 0 Å². The van der Waals surface area contributed by atoms with Crippen molar-refractivity contribution in [1.82, 2.24) is 14.9 Å². The highest BCUT2D eigenvalue weighted by atomic mass is 79.9. The summed E-state index contributed by atoms with van der Waals surface area (Å²) in [5, 5.41) is 3.91. The minimum absolute atomic E-state index is 0.207. The van der Waals surface area contributed by atoms with Crippen molar-refractivity contribution in [3.8, 4) is 0 Å². The first-order chi connectivity index (χ1) is 14.9. The Kier molecular flexibility index (Phi) is 6.36. The topological polar surface area (TPSA) is 66.9 Å². The van der Waals surface area contributed by atoms with E-state index in [1.54, 1.807) is 24.3 Å². The lowest BCUT2D eigenvalue weighted by Gasteiger charge is -2.10. The highest BCUT2D eigenvalue weighted by Gasteiger charge is 2.11. The van der Waals surface area contributed by atoms with Gasteiger partial charge in [-0.2, -0.15) is 0 Å². The van der Waals surface area contributed by atoms with Crippen molar-refractivity contribution < 1.29 is 4.79 Å². The molecule has 0 aliphatic rings. The molecule has 0 saturated carbocycles. The second kappa shape index (κ2) is 9.18. The first-order valence-corrected chi connectivity index (χ1v) is 11.0. The van der Waals surface area contributed by atoms with Gasteiger partial charge in [-0.1, -0.05) is 57.9 Å². The van der Waals surface area contributed by atoms with Crippen LogP contribution in [-0.4, -0.2) is 15.5 Å². The zero-order chi connectivity index (χ0) is 22.0. The summed E-state index contributed by atoms with van der Waals surface area (Å²) < 4.78 is 2.74. The minimum atomic E-state index is -0.264. The zero-order valence-electron chi connectivity index (χ0n) is 16.2. The number of nitrogens with one attached hydrogen (secondary N) is 2. The number of aromatic amines is 1. The molecule has 1 aromatic heterocycles. The smallest absolute Gasteiger partial charge is 0.262 e. The number of hydrogen-bond donors (Lipinski definition) is 2. The van der Waals surface area contributed by atoms with Crippen LogP contribution >= 0.6 is 39.7 Å². The molecule has 0 saturated heterocycles. The number of carbonyl (C=O) groups excluding carboxylic acids is 1. The van der Waals surface area contributed by atoms with Crippen LogP contribution in [0.15, 0.2) is 76.0 Å². The summed E-state index contributed by atoms with van der Waals surface area (Å²) in [6, 6.07) is 19.9. The van der Waals surface area contributed by atoms with Crippen LogP contribution in [0.4, 0.5) is 0 Å². The zero-order valence-corrected chi connectivity index (χ0v) is 19.4. The summed E-state index contributed by atoms with van der Waals surface area (Å²) in [5.74, 6) is -0.264. The molecule has 0 radical (unpaired) electrons. The molecule has 0 bridgehead atoms. The van der Waals surface area contributed by atoms with Crippen LogP contribution in [-0.2, 0) is 13.1 Å². The standard InChI is InChI=1S/C23H17BrClN3O2S/c24-17-6-3-4-14(10-17)13-28-22(30)18-9-8-15(11-20(18)27-23(28)31)21(29)26-12-16-5-1-2-7-19(16)25/h1-11H,12-13H2,(H,26,29)(H,27,31). The fraction of sp³-hybridized carbons (Fsp3) is 0.0870. The van der Waals surface area contributed by atoms with Crippen LogP contribution in [0.5, 0.6) is 0 Å². The molecule has 156 valence electrons. The Morgan fingerprint density at radius 3 is 2.68 bits per heavy atom. The van der Waals surface area contributed by atoms with Gasteiger partial charge in [0.25, 0.3) is 11.5 Å². The number of halogens is 2. The third kappa shape index (κ3) is 4.79. The molecular weight excluding hydrogens is 498 g/mol. The predicted molar refractivity (Wildman–Crippen MR) is 129 cm³/mol. The van der Waals surface area contributed by atoms with Crippen LogP contribution < -0.4 is 10.9 Å². The molecule has 4 rings (SSSR count). The van der Waals surface area contributed by atoms with E-state index in [2.05, 4.69) is 26.2 Å². The molecule has 0 aliphatic heterocycles. The Hall–Kier alpha value is -2.74. The Labute approximate surface area is 196 Å². The summed E-state index contributed by atoms with van der Waals surface area (Å²) >= 11 is 15.0. The van der Waals surface area contributed by atoms with Gasteiger partial charge in [0.05, 0.1) is 17.4 Å². The number of fused-ring (bicyclic) bond motifs is 1. The van der Waals surface area contributed by atoms with Gasteiger partial charge >= 0.3 is 0 Å². The van der Waals surface area contributed by atoms with Crippen molar-refractivity contribution >= 4 is 56.6 Å². The van der Waals surface area contributed by atoms with E-state index in [1.165, 1.54) is 4.57 Å². The maximum absolute atomic E-state index is 13.0. The molecule has 31 heavy (non-hydrogen) atoms. The number of amides is 1. The summed E-state index contributed by atoms with van der Waals surface area (Å²) in [5.41, 5.74) is 2.51. The lowest BCUT2D eigenvalue weighted by molar-refractivity contribution is 0.0951. The number of hydrogen-bond acceptors (Lipinski definition) is 3. The quantitative estimate of drug-likeness (QED) is 0.348. The maximum atomic E-state index is 13.0. The number of benzene rings is 3. The molecule has 0 aliphatic carbocycles. The Balaban J connectivity index is 1.61. The first-order valence-electron chi connectivity index (χ1n) is 9.45. The van der Waals surface area contributed by atoms with Crippen molar-refractivity contribution in [2.75, 3.05) is 0 Å². The molecule has 0 unspecified atom stereocenters. The molecule has 2 N–H and O–H groups in total. The number of rotatable bonds is 5. The molecule has 8 heteroatoms. The number of nitrogens with zero attached hydrogens (tertiary/aromatic N) is 1. The molecule has 5 nitrogen and oxygen atoms in total. The van der Waals surface area contributed by atoms with Crippen molar-refractivity contribution in [2.45, 2.75) is 13.1 Å². The molecule has 4 aromatic rings. The van der Waals surface area contributed by atoms with E-state index in [1.807, 2.05) is 42.5 Å². The fourth-order valence-electron chi connectivity index (χ4n) is 3.28. The van der Waals surface area contributed by atoms with Gasteiger partial charge in [0.2, 0.25) is 0 Å². The van der Waals surface area contributed by atoms with Gasteiger partial charge in [-0.25, -0.2) is 0 Å². The van der Waals surface area contributed by atoms with E-state index in [9.17, 15) is 9.59 Å². The van der Waals surface area contributed by atoms with E-state index in [0.29, 0.717) is 39.3 Å². The third-order valence-corrected chi connectivity index (χ3v) is 6.06. The van der Waals surface area contributed by atoms with Gasteiger partial charge < -0.3 is 10.3 Å². The molecule has 0 atom stereocenters. The van der Waals surface area contributed by atoms with Gasteiger partial charge in [0, 0.05) is 21.6 Å². The molecule has 0 spiro atoms. The molecule has 1 amide bonds. The summed E-state index contributed by atoms with van der Waals surface area (Å²) in [6.07, 6.45) is 0. The van der Waals surface area contributed by atoms with Crippen LogP contribution in [0.1, 0.15) is 21.5 Å². The maximum Gasteiger partial charge on any atom is 0.262 e. The van der Waals surface area contributed by atoms with Crippen LogP contribution in [0.3, 0.4) is 0 Å². The Morgan fingerprint density at radius 2 is 1.90 bits per heavy atom. The van der Waals surface area contributed by atoms with Crippen LogP contribution in [0.25, 0.3) is 10.9 Å². The average molecular weight is 515 g/mol. The molecule has 1 heterocycles. The van der Waals surface area contributed by atoms with E-state index >= 15 is 0 Å². The van der Waals surface area contributed by atoms with Gasteiger partial charge in [0.15, 0.2) is 4.77 Å². The van der Waals surface area contributed by atoms with Gasteiger partial charge in [0.1, 0.15) is 0 Å². The normalized spacial score (nSPS) is 10.9. The van der Waals surface area contributed by atoms with E-state index < -0.39 is 0 Å². The van der Waals surface area contributed by atoms with Crippen molar-refractivity contribution in [1.29, 1.82) is 0 Å². The second-order valence-electron chi connectivity index (χ2n) is 6.99. The van der Waals surface area contributed by atoms with Crippen molar-refractivity contribution in [3.05, 3.63) is 108 Å². The molecular formula is C23H17BrClN3O2S. The predicted octanol–water partition coefficient (Wildman–Crippen LogP) is 5.45. The third-order valence-electron chi connectivity index (χ3n) is 4.87. The number of carbonyl (C=O) groups is 1. The van der Waals surface area contributed by atoms with Crippen LogP contribution in [0, 0.1) is 4.77 Å². The lowest BCUT2D eigenvalue weighted by atomic mass is 10.1. The van der Waals surface area contributed by atoms with Gasteiger partial charge in [-0.3, -0.25) is 14.2 Å². The van der Waals surface area contributed by atoms with E-state index in [0.717, 1.165) is 15.6 Å². The number of H-pyrrole nitrogens is 1. The molecule has 0 fully saturated rings. The lowest BCUT2D eigenvalue weighted by Crippen LogP contribution is -2.24. The Morgan fingerprint density at radius 1 is 1.10 bits per heavy atom. The highest BCUT2D eigenvalue weighted by Crippen LogP contribution is 2.16. The first kappa shape index (κ1) is 21.5. The minimum Gasteiger partial charge on any atom is -0.348 e. The SMILES string of the molecule is O=C(NCc1ccccc1Cl)c1ccc2c(=O)n(Cc3cccc(Br)c3)c(=S)[nH]c2c1. The largest absolute Gasteiger partial charge is 0.348 e. The van der Waals surface area contributed by atoms with Gasteiger partial charge in [-0.05, 0) is 59.7 Å². The highest BCUT2D eigenvalue weighted by molar-refractivity contribution is 9.10. The monoisotopic (exact) mass is 513 g/mol. The van der Waals surface area contributed by atoms with Crippen LogP contribution in [0.2, 0.25) is 5.02 Å². The average Bonchev–Trinajstić information content (AvgIpc) is 2.75. The second-order valence-corrected chi connectivity index (χ2v) is 8.70. The summed E-state index contributed by atoms with van der Waals surface area (Å²) in [7, 11) is 0. The summed E-state index contributed by atoms with van der Waals surface area (Å²) in [4.78, 5) is 28.7. The molecule has 3 aromatic carbocycles. The number of aromatic nitrogens is 2. The van der Waals surface area contributed by atoms with E-state index in [-0.39, 0.29) is 11.5 Å². The fourth-order valence-corrected chi connectivity index (χ4v) is 4.18. The van der Waals surface area contributed by atoms with E-state index in [4.69, 9.17) is 23.8 Å². The van der Waals surface area contributed by atoms with Crippen molar-refractivity contribution in [3.63, 3.8) is 0 Å².